The van der Waals surface area contributed by atoms with Crippen LogP contribution in [-0.2, 0) is 11.2 Å². The average molecular weight is 327 g/mol. The zero-order chi connectivity index (χ0) is 16.2. The molecule has 5 heteroatoms. The molecule has 0 fully saturated rings. The summed E-state index contributed by atoms with van der Waals surface area (Å²) >= 11 is 5.87. The van der Waals surface area contributed by atoms with Gasteiger partial charge in [-0.2, -0.15) is 0 Å². The largest absolute Gasteiger partial charge is 0.497 e. The van der Waals surface area contributed by atoms with Gasteiger partial charge in [0.05, 0.1) is 7.11 Å². The van der Waals surface area contributed by atoms with Gasteiger partial charge >= 0.3 is 0 Å². The molecule has 0 aromatic heterocycles. The number of rotatable bonds is 4. The molecule has 1 N–H and O–H groups in total. The molecule has 3 rings (SSSR count). The van der Waals surface area contributed by atoms with Crippen LogP contribution in [0, 0.1) is 0 Å². The van der Waals surface area contributed by atoms with Crippen molar-refractivity contribution in [2.45, 2.75) is 6.42 Å². The number of aliphatic imine (C=N–C) groups is 1. The Morgan fingerprint density at radius 1 is 1.13 bits per heavy atom. The van der Waals surface area contributed by atoms with Crippen molar-refractivity contribution in [3.63, 3.8) is 0 Å². The van der Waals surface area contributed by atoms with Crippen LogP contribution >= 0.6 is 11.6 Å². The van der Waals surface area contributed by atoms with Gasteiger partial charge in [0.1, 0.15) is 17.3 Å². The fourth-order valence-electron chi connectivity index (χ4n) is 2.25. The van der Waals surface area contributed by atoms with Gasteiger partial charge in [0.15, 0.2) is 0 Å². The van der Waals surface area contributed by atoms with Gasteiger partial charge in [0.25, 0.3) is 5.91 Å². The number of amides is 1. The van der Waals surface area contributed by atoms with Crippen LogP contribution < -0.4 is 10.1 Å². The van der Waals surface area contributed by atoms with E-state index in [1.807, 2.05) is 48.5 Å². The summed E-state index contributed by atoms with van der Waals surface area (Å²) in [6.07, 6.45) is 2.31. The Morgan fingerprint density at radius 3 is 2.48 bits per heavy atom. The lowest BCUT2D eigenvalue weighted by molar-refractivity contribution is -0.115. The average Bonchev–Trinajstić information content (AvgIpc) is 2.90. The standard InChI is InChI=1S/C18H15ClN2O2/c1-23-15-8-4-12(5-9-15)10-16-18(22)21-17(20-16)11-13-2-6-14(19)7-3-13/h2-10H,11H2,1H3,(H,20,21,22)/b16-10+. The van der Waals surface area contributed by atoms with Crippen LogP contribution in [-0.4, -0.2) is 18.9 Å². The number of nitrogens with one attached hydrogen (secondary N) is 1. The fraction of sp³-hybridized carbons (Fsp3) is 0.111. The van der Waals surface area contributed by atoms with Gasteiger partial charge in [-0.15, -0.1) is 0 Å². The van der Waals surface area contributed by atoms with Crippen LogP contribution in [0.15, 0.2) is 59.2 Å². The van der Waals surface area contributed by atoms with E-state index in [1.54, 1.807) is 13.2 Å². The summed E-state index contributed by atoms with van der Waals surface area (Å²) in [5.41, 5.74) is 2.34. The highest BCUT2D eigenvalue weighted by molar-refractivity contribution is 6.30. The number of carbonyl (C=O) groups excluding carboxylic acids is 1. The number of hydrogen-bond acceptors (Lipinski definition) is 3. The maximum atomic E-state index is 12.0. The minimum Gasteiger partial charge on any atom is -0.497 e. The Labute approximate surface area is 139 Å². The Kier molecular flexibility index (Phi) is 4.44. The first-order valence-electron chi connectivity index (χ1n) is 7.13. The number of amidine groups is 1. The van der Waals surface area contributed by atoms with Crippen LogP contribution in [0.2, 0.25) is 5.02 Å². The summed E-state index contributed by atoms with van der Waals surface area (Å²) in [5, 5.41) is 3.48. The minimum absolute atomic E-state index is 0.190. The molecule has 0 aliphatic carbocycles. The van der Waals surface area contributed by atoms with Crippen molar-refractivity contribution in [3.8, 4) is 5.75 Å². The first kappa shape index (κ1) is 15.3. The van der Waals surface area contributed by atoms with E-state index in [0.29, 0.717) is 23.0 Å². The highest BCUT2D eigenvalue weighted by atomic mass is 35.5. The number of methoxy groups -OCH3 is 1. The summed E-state index contributed by atoms with van der Waals surface area (Å²) in [4.78, 5) is 16.4. The van der Waals surface area contributed by atoms with Crippen LogP contribution in [0.25, 0.3) is 6.08 Å². The fourth-order valence-corrected chi connectivity index (χ4v) is 2.38. The molecule has 4 nitrogen and oxygen atoms in total. The van der Waals surface area contributed by atoms with Gasteiger partial charge < -0.3 is 10.1 Å². The van der Waals surface area contributed by atoms with E-state index in [9.17, 15) is 4.79 Å². The summed E-state index contributed by atoms with van der Waals surface area (Å²) < 4.78 is 5.12. The number of carbonyl (C=O) groups is 1. The van der Waals surface area contributed by atoms with Crippen LogP contribution in [0.1, 0.15) is 11.1 Å². The molecule has 1 amide bonds. The van der Waals surface area contributed by atoms with Crippen molar-refractivity contribution < 1.29 is 9.53 Å². The van der Waals surface area contributed by atoms with Crippen molar-refractivity contribution >= 4 is 29.4 Å². The monoisotopic (exact) mass is 326 g/mol. The Bertz CT molecular complexity index is 778. The van der Waals surface area contributed by atoms with Crippen molar-refractivity contribution in [3.05, 3.63) is 70.4 Å². The summed E-state index contributed by atoms with van der Waals surface area (Å²) in [5.74, 6) is 1.22. The van der Waals surface area contributed by atoms with Gasteiger partial charge in [-0.3, -0.25) is 4.79 Å². The van der Waals surface area contributed by atoms with E-state index in [0.717, 1.165) is 16.9 Å². The van der Waals surface area contributed by atoms with Crippen molar-refractivity contribution in [1.82, 2.24) is 5.32 Å². The number of benzene rings is 2. The van der Waals surface area contributed by atoms with E-state index in [-0.39, 0.29) is 5.91 Å². The predicted octanol–water partition coefficient (Wildman–Crippen LogP) is 3.46. The molecule has 2 aromatic rings. The lowest BCUT2D eigenvalue weighted by Gasteiger charge is -2.00. The molecule has 2 aromatic carbocycles. The molecule has 0 atom stereocenters. The van der Waals surface area contributed by atoms with Gasteiger partial charge in [-0.1, -0.05) is 35.9 Å². The number of halogens is 1. The molecule has 0 spiro atoms. The Hall–Kier alpha value is -2.59. The smallest absolute Gasteiger partial charge is 0.275 e. The lowest BCUT2D eigenvalue weighted by Crippen LogP contribution is -2.25. The third-order valence-corrected chi connectivity index (χ3v) is 3.70. The quantitative estimate of drug-likeness (QED) is 0.875. The maximum Gasteiger partial charge on any atom is 0.275 e. The van der Waals surface area contributed by atoms with E-state index < -0.39 is 0 Å². The normalized spacial score (nSPS) is 15.5. The van der Waals surface area contributed by atoms with Gasteiger partial charge in [-0.05, 0) is 41.5 Å². The van der Waals surface area contributed by atoms with Gasteiger partial charge in [0, 0.05) is 11.4 Å². The van der Waals surface area contributed by atoms with Crippen LogP contribution in [0.4, 0.5) is 0 Å². The van der Waals surface area contributed by atoms with Gasteiger partial charge in [-0.25, -0.2) is 4.99 Å². The molecule has 1 aliphatic heterocycles. The van der Waals surface area contributed by atoms with E-state index in [4.69, 9.17) is 16.3 Å². The second-order valence-corrected chi connectivity index (χ2v) is 5.56. The molecule has 23 heavy (non-hydrogen) atoms. The molecule has 0 radical (unpaired) electrons. The van der Waals surface area contributed by atoms with E-state index in [1.165, 1.54) is 0 Å². The Balaban J connectivity index is 1.77. The highest BCUT2D eigenvalue weighted by Crippen LogP contribution is 2.17. The SMILES string of the molecule is COc1ccc(/C=C2/N=C(Cc3ccc(Cl)cc3)NC2=O)cc1. The maximum absolute atomic E-state index is 12.0. The van der Waals surface area contributed by atoms with Crippen molar-refractivity contribution in [2.24, 2.45) is 4.99 Å². The zero-order valence-electron chi connectivity index (χ0n) is 12.5. The number of hydrogen-bond donors (Lipinski definition) is 1. The number of ether oxygens (including phenoxy) is 1. The lowest BCUT2D eigenvalue weighted by atomic mass is 10.1. The minimum atomic E-state index is -0.190. The Morgan fingerprint density at radius 2 is 1.83 bits per heavy atom. The highest BCUT2D eigenvalue weighted by Gasteiger charge is 2.19. The molecule has 0 saturated heterocycles. The third-order valence-electron chi connectivity index (χ3n) is 3.45. The molecular weight excluding hydrogens is 312 g/mol. The van der Waals surface area contributed by atoms with Crippen LogP contribution in [0.5, 0.6) is 5.75 Å². The van der Waals surface area contributed by atoms with E-state index in [2.05, 4.69) is 10.3 Å². The summed E-state index contributed by atoms with van der Waals surface area (Å²) in [6.45, 7) is 0. The van der Waals surface area contributed by atoms with Crippen molar-refractivity contribution in [2.75, 3.05) is 7.11 Å². The van der Waals surface area contributed by atoms with Crippen LogP contribution in [0.3, 0.4) is 0 Å². The molecule has 116 valence electrons. The van der Waals surface area contributed by atoms with E-state index >= 15 is 0 Å². The van der Waals surface area contributed by atoms with Gasteiger partial charge in [0.2, 0.25) is 0 Å². The first-order chi connectivity index (χ1) is 11.1. The van der Waals surface area contributed by atoms with Crippen molar-refractivity contribution in [1.29, 1.82) is 0 Å². The predicted molar refractivity (Wildman–Crippen MR) is 91.7 cm³/mol. The summed E-state index contributed by atoms with van der Waals surface area (Å²) in [6, 6.07) is 14.9. The first-order valence-corrected chi connectivity index (χ1v) is 7.51. The zero-order valence-corrected chi connectivity index (χ0v) is 13.3. The summed E-state index contributed by atoms with van der Waals surface area (Å²) in [7, 11) is 1.62. The molecule has 0 saturated carbocycles. The molecule has 1 heterocycles. The molecular formula is C18H15ClN2O2. The molecule has 0 unspecified atom stereocenters. The topological polar surface area (TPSA) is 50.7 Å². The second-order valence-electron chi connectivity index (χ2n) is 5.12. The molecule has 1 aliphatic rings. The third kappa shape index (κ3) is 3.79. The molecule has 0 bridgehead atoms. The number of nitrogens with zero attached hydrogens (tertiary/aromatic N) is 1. The second kappa shape index (κ2) is 6.67.